The molecule has 90 valence electrons. The molecule has 0 aliphatic carbocycles. The van der Waals surface area contributed by atoms with E-state index < -0.39 is 5.44 Å². The van der Waals surface area contributed by atoms with Crippen molar-refractivity contribution >= 4 is 17.7 Å². The van der Waals surface area contributed by atoms with Gasteiger partial charge in [-0.25, -0.2) is 0 Å². The van der Waals surface area contributed by atoms with Gasteiger partial charge in [0.2, 0.25) is 0 Å². The molecule has 3 nitrogen and oxygen atoms in total. The highest BCUT2D eigenvalue weighted by atomic mass is 32.2. The molecule has 0 spiro atoms. The van der Waals surface area contributed by atoms with Crippen LogP contribution < -0.4 is 0 Å². The van der Waals surface area contributed by atoms with Crippen LogP contribution in [0.2, 0.25) is 0 Å². The van der Waals surface area contributed by atoms with Crippen molar-refractivity contribution in [1.29, 1.82) is 0 Å². The number of aliphatic hydroxyl groups is 1. The first-order chi connectivity index (χ1) is 7.20. The van der Waals surface area contributed by atoms with Gasteiger partial charge in [0.1, 0.15) is 0 Å². The van der Waals surface area contributed by atoms with Crippen molar-refractivity contribution in [2.75, 3.05) is 12.9 Å². The largest absolute Gasteiger partial charge is 0.468 e. The summed E-state index contributed by atoms with van der Waals surface area (Å²) in [5.41, 5.74) is -0.425. The van der Waals surface area contributed by atoms with Gasteiger partial charge in [-0.2, -0.15) is 0 Å². The van der Waals surface area contributed by atoms with E-state index in [9.17, 15) is 9.90 Å². The van der Waals surface area contributed by atoms with Gasteiger partial charge < -0.3 is 9.84 Å². The number of hydrogen-bond acceptors (Lipinski definition) is 4. The van der Waals surface area contributed by atoms with Gasteiger partial charge in [0.05, 0.1) is 18.3 Å². The fourth-order valence-corrected chi connectivity index (χ4v) is 2.01. The molecule has 0 aromatic rings. The Morgan fingerprint density at radius 3 is 2.60 bits per heavy atom. The van der Waals surface area contributed by atoms with Crippen molar-refractivity contribution in [3.63, 3.8) is 0 Å². The quantitative estimate of drug-likeness (QED) is 0.378. The lowest BCUT2D eigenvalue weighted by atomic mass is 10.1. The minimum atomic E-state index is -0.425. The summed E-state index contributed by atoms with van der Waals surface area (Å²) in [5, 5.41) is 9.51. The van der Waals surface area contributed by atoms with Crippen LogP contribution in [-0.2, 0) is 9.53 Å². The summed E-state index contributed by atoms with van der Waals surface area (Å²) in [5.74, 6) is -0.0304. The second-order valence-corrected chi connectivity index (χ2v) is 4.71. The molecule has 0 radical (unpaired) electrons. The molecule has 0 rings (SSSR count). The van der Waals surface area contributed by atoms with Gasteiger partial charge in [-0.05, 0) is 6.42 Å². The lowest BCUT2D eigenvalue weighted by Gasteiger charge is -2.08. The summed E-state index contributed by atoms with van der Waals surface area (Å²) in [7, 11) is 1.36. The summed E-state index contributed by atoms with van der Waals surface area (Å²) in [6, 6.07) is 0. The number of esters is 1. The summed E-state index contributed by atoms with van der Waals surface area (Å²) in [6.07, 6.45) is 6.72. The Hall–Kier alpha value is -0.220. The van der Waals surface area contributed by atoms with Crippen molar-refractivity contribution in [3.8, 4) is 0 Å². The summed E-state index contributed by atoms with van der Waals surface area (Å²) >= 11 is 1.25. The number of hydrogen-bond donors (Lipinski definition) is 1. The number of thioether (sulfide) groups is 1. The number of methoxy groups -OCH3 is 1. The van der Waals surface area contributed by atoms with Gasteiger partial charge in [-0.3, -0.25) is 4.79 Å². The lowest BCUT2D eigenvalue weighted by molar-refractivity contribution is -0.137. The van der Waals surface area contributed by atoms with Gasteiger partial charge in [-0.15, -0.1) is 11.8 Å². The van der Waals surface area contributed by atoms with Crippen LogP contribution in [0.3, 0.4) is 0 Å². The average molecular weight is 234 g/mol. The molecule has 0 saturated heterocycles. The van der Waals surface area contributed by atoms with E-state index in [4.69, 9.17) is 0 Å². The van der Waals surface area contributed by atoms with Crippen LogP contribution in [-0.4, -0.2) is 29.4 Å². The van der Waals surface area contributed by atoms with Gasteiger partial charge in [0, 0.05) is 0 Å². The normalized spacial score (nSPS) is 12.5. The Bertz CT molecular complexity index is 162. The molecule has 1 N–H and O–H groups in total. The number of carbonyl (C=O) groups excluding carboxylic acids is 1. The van der Waals surface area contributed by atoms with Crippen LogP contribution in [0.5, 0.6) is 0 Å². The van der Waals surface area contributed by atoms with E-state index >= 15 is 0 Å². The molecule has 4 heteroatoms. The summed E-state index contributed by atoms with van der Waals surface area (Å²) in [6.45, 7) is 2.18. The molecule has 0 aliphatic rings. The third kappa shape index (κ3) is 10.1. The number of aliphatic hydroxyl groups excluding tert-OH is 1. The van der Waals surface area contributed by atoms with Gasteiger partial charge >= 0.3 is 5.97 Å². The average Bonchev–Trinajstić information content (AvgIpc) is 2.25. The maximum atomic E-state index is 10.8. The Morgan fingerprint density at radius 1 is 1.33 bits per heavy atom. The Kier molecular flexibility index (Phi) is 10.2. The van der Waals surface area contributed by atoms with Crippen LogP contribution in [0.15, 0.2) is 0 Å². The molecule has 15 heavy (non-hydrogen) atoms. The van der Waals surface area contributed by atoms with Crippen LogP contribution in [0.25, 0.3) is 0 Å². The highest BCUT2D eigenvalue weighted by molar-refractivity contribution is 8.00. The Morgan fingerprint density at radius 2 is 2.00 bits per heavy atom. The summed E-state index contributed by atoms with van der Waals surface area (Å²) < 4.78 is 4.49. The maximum absolute atomic E-state index is 10.8. The molecule has 0 amide bonds. The molecule has 0 saturated carbocycles. The first-order valence-electron chi connectivity index (χ1n) is 5.57. The molecular weight excluding hydrogens is 212 g/mol. The lowest BCUT2D eigenvalue weighted by Crippen LogP contribution is -2.09. The molecule has 0 aliphatic heterocycles. The van der Waals surface area contributed by atoms with Crippen LogP contribution in [0.4, 0.5) is 0 Å². The molecular formula is C11H22O3S. The van der Waals surface area contributed by atoms with E-state index in [0.29, 0.717) is 0 Å². The molecule has 0 fully saturated rings. The van der Waals surface area contributed by atoms with Crippen molar-refractivity contribution in [2.24, 2.45) is 0 Å². The van der Waals surface area contributed by atoms with E-state index in [1.165, 1.54) is 44.6 Å². The number of ether oxygens (including phenoxy) is 1. The monoisotopic (exact) mass is 234 g/mol. The maximum Gasteiger partial charge on any atom is 0.315 e. The number of unbranched alkanes of at least 4 members (excludes halogenated alkanes) is 4. The number of carbonyl (C=O) groups is 1. The van der Waals surface area contributed by atoms with E-state index in [0.717, 1.165) is 12.8 Å². The molecule has 0 aromatic heterocycles. The van der Waals surface area contributed by atoms with Crippen molar-refractivity contribution in [2.45, 2.75) is 50.9 Å². The third-order valence-corrected chi connectivity index (χ3v) is 3.20. The van der Waals surface area contributed by atoms with Gasteiger partial charge in [0.15, 0.2) is 0 Å². The fraction of sp³-hybridized carbons (Fsp3) is 0.909. The van der Waals surface area contributed by atoms with Crippen LogP contribution in [0, 0.1) is 0 Å². The molecule has 1 unspecified atom stereocenters. The zero-order valence-corrected chi connectivity index (χ0v) is 10.5. The van der Waals surface area contributed by atoms with E-state index in [1.807, 2.05) is 0 Å². The zero-order chi connectivity index (χ0) is 11.5. The van der Waals surface area contributed by atoms with Gasteiger partial charge in [-0.1, -0.05) is 39.0 Å². The highest BCUT2D eigenvalue weighted by Crippen LogP contribution is 2.16. The smallest absolute Gasteiger partial charge is 0.315 e. The predicted octanol–water partition coefficient (Wildman–Crippen LogP) is 2.57. The Labute approximate surface area is 96.6 Å². The molecule has 0 aromatic carbocycles. The highest BCUT2D eigenvalue weighted by Gasteiger charge is 2.07. The Balaban J connectivity index is 3.25. The molecule has 0 bridgehead atoms. The predicted molar refractivity (Wildman–Crippen MR) is 63.9 cm³/mol. The minimum absolute atomic E-state index is 0.243. The van der Waals surface area contributed by atoms with E-state index in [1.54, 1.807) is 0 Å². The third-order valence-electron chi connectivity index (χ3n) is 2.18. The van der Waals surface area contributed by atoms with Crippen LogP contribution in [0.1, 0.15) is 45.4 Å². The second kappa shape index (κ2) is 10.3. The van der Waals surface area contributed by atoms with Crippen molar-refractivity contribution < 1.29 is 14.6 Å². The minimum Gasteiger partial charge on any atom is -0.468 e. The molecule has 1 atom stereocenters. The van der Waals surface area contributed by atoms with E-state index in [-0.39, 0.29) is 11.7 Å². The van der Waals surface area contributed by atoms with Gasteiger partial charge in [0.25, 0.3) is 0 Å². The zero-order valence-electron chi connectivity index (χ0n) is 9.70. The van der Waals surface area contributed by atoms with Crippen molar-refractivity contribution in [3.05, 3.63) is 0 Å². The standard InChI is InChI=1S/C11H22O3S/c1-3-4-5-6-7-8-11(13)15-9-10(12)14-2/h11,13H,3-9H2,1-2H3. The van der Waals surface area contributed by atoms with Crippen molar-refractivity contribution in [1.82, 2.24) is 0 Å². The first-order valence-corrected chi connectivity index (χ1v) is 6.62. The fourth-order valence-electron chi connectivity index (χ4n) is 1.23. The van der Waals surface area contributed by atoms with Crippen LogP contribution >= 0.6 is 11.8 Å². The number of rotatable bonds is 9. The molecule has 0 heterocycles. The first kappa shape index (κ1) is 14.8. The summed E-state index contributed by atoms with van der Waals surface area (Å²) in [4.78, 5) is 10.8. The SMILES string of the molecule is CCCCCCCC(O)SCC(=O)OC. The topological polar surface area (TPSA) is 46.5 Å². The van der Waals surface area contributed by atoms with E-state index in [2.05, 4.69) is 11.7 Å². The second-order valence-electron chi connectivity index (χ2n) is 3.54.